The molecule has 3 nitrogen and oxygen atoms in total. The van der Waals surface area contributed by atoms with E-state index < -0.39 is 0 Å². The Morgan fingerprint density at radius 3 is 3.07 bits per heavy atom. The van der Waals surface area contributed by atoms with E-state index in [-0.39, 0.29) is 12.2 Å². The van der Waals surface area contributed by atoms with E-state index in [1.165, 1.54) is 17.4 Å². The second-order valence-electron chi connectivity index (χ2n) is 2.86. The Labute approximate surface area is 85.2 Å². The number of thiophene rings is 1. The number of allylic oxidation sites excluding steroid dienone is 1. The number of aldehydes is 1. The van der Waals surface area contributed by atoms with Crippen molar-refractivity contribution in [3.05, 3.63) is 34.0 Å². The SMILES string of the molecule is N#Cc1ccc(C2OC2/C=C/C=O)s1. The van der Waals surface area contributed by atoms with Crippen LogP contribution in [0.4, 0.5) is 0 Å². The first-order valence-corrected chi connectivity index (χ1v) is 4.94. The van der Waals surface area contributed by atoms with Crippen LogP contribution in [0, 0.1) is 11.3 Å². The third kappa shape index (κ3) is 1.74. The van der Waals surface area contributed by atoms with Gasteiger partial charge >= 0.3 is 0 Å². The maximum Gasteiger partial charge on any atom is 0.142 e. The molecule has 0 amide bonds. The van der Waals surface area contributed by atoms with E-state index in [0.717, 1.165) is 11.2 Å². The van der Waals surface area contributed by atoms with Crippen molar-refractivity contribution >= 4 is 17.6 Å². The number of carbonyl (C=O) groups is 1. The number of nitriles is 1. The normalized spacial score (nSPS) is 24.8. The van der Waals surface area contributed by atoms with Crippen LogP contribution in [0.5, 0.6) is 0 Å². The van der Waals surface area contributed by atoms with E-state index in [4.69, 9.17) is 10.00 Å². The Morgan fingerprint density at radius 1 is 1.57 bits per heavy atom. The van der Waals surface area contributed by atoms with Crippen LogP contribution in [-0.4, -0.2) is 12.4 Å². The second-order valence-corrected chi connectivity index (χ2v) is 3.97. The molecule has 0 saturated carbocycles. The molecule has 0 N–H and O–H groups in total. The maximum atomic E-state index is 10.0. The molecule has 2 unspecified atom stereocenters. The molecule has 1 saturated heterocycles. The molecule has 0 bridgehead atoms. The van der Waals surface area contributed by atoms with Crippen molar-refractivity contribution in [2.75, 3.05) is 0 Å². The van der Waals surface area contributed by atoms with Gasteiger partial charge in [0.1, 0.15) is 29.4 Å². The largest absolute Gasteiger partial charge is 0.359 e. The average molecular weight is 205 g/mol. The van der Waals surface area contributed by atoms with Gasteiger partial charge in [-0.15, -0.1) is 11.3 Å². The van der Waals surface area contributed by atoms with Gasteiger partial charge in [0.2, 0.25) is 0 Å². The lowest BCUT2D eigenvalue weighted by molar-refractivity contribution is -0.104. The Morgan fingerprint density at radius 2 is 2.43 bits per heavy atom. The van der Waals surface area contributed by atoms with E-state index in [9.17, 15) is 4.79 Å². The third-order valence-electron chi connectivity index (χ3n) is 1.92. The van der Waals surface area contributed by atoms with Crippen LogP contribution in [0.2, 0.25) is 0 Å². The number of carbonyl (C=O) groups excluding carboxylic acids is 1. The summed E-state index contributed by atoms with van der Waals surface area (Å²) < 4.78 is 5.32. The summed E-state index contributed by atoms with van der Waals surface area (Å²) in [5.74, 6) is 0. The molecule has 0 radical (unpaired) electrons. The maximum absolute atomic E-state index is 10.0. The Bertz CT molecular complexity index is 416. The number of hydrogen-bond acceptors (Lipinski definition) is 4. The summed E-state index contributed by atoms with van der Waals surface area (Å²) in [4.78, 5) is 11.8. The molecule has 2 heterocycles. The third-order valence-corrected chi connectivity index (χ3v) is 2.97. The van der Waals surface area contributed by atoms with Crippen LogP contribution < -0.4 is 0 Å². The molecule has 2 atom stereocenters. The Hall–Kier alpha value is -1.44. The fraction of sp³-hybridized carbons (Fsp3) is 0.200. The van der Waals surface area contributed by atoms with Gasteiger partial charge in [-0.2, -0.15) is 5.26 Å². The summed E-state index contributed by atoms with van der Waals surface area (Å²) >= 11 is 1.43. The number of rotatable bonds is 3. The zero-order valence-electron chi connectivity index (χ0n) is 7.21. The van der Waals surface area contributed by atoms with Crippen molar-refractivity contribution in [2.24, 2.45) is 0 Å². The smallest absolute Gasteiger partial charge is 0.142 e. The first-order chi connectivity index (χ1) is 6.85. The molecule has 0 aromatic carbocycles. The minimum absolute atomic E-state index is 0.00499. The van der Waals surface area contributed by atoms with Gasteiger partial charge in [0.25, 0.3) is 0 Å². The van der Waals surface area contributed by atoms with E-state index in [1.807, 2.05) is 6.07 Å². The summed E-state index contributed by atoms with van der Waals surface area (Å²) in [5.41, 5.74) is 0. The lowest BCUT2D eigenvalue weighted by Gasteiger charge is -1.82. The predicted octanol–water partition coefficient (Wildman–Crippen LogP) is 1.81. The van der Waals surface area contributed by atoms with Gasteiger partial charge < -0.3 is 4.74 Å². The van der Waals surface area contributed by atoms with Crippen LogP contribution in [0.25, 0.3) is 0 Å². The zero-order chi connectivity index (χ0) is 9.97. The van der Waals surface area contributed by atoms with Gasteiger partial charge in [-0.1, -0.05) is 0 Å². The molecule has 1 aromatic heterocycles. The molecule has 70 valence electrons. The average Bonchev–Trinajstić information content (AvgIpc) is 2.82. The second kappa shape index (κ2) is 3.74. The molecule has 1 aromatic rings. The molecule has 1 fully saturated rings. The quantitative estimate of drug-likeness (QED) is 0.429. The molecular formula is C10H7NO2S. The lowest BCUT2D eigenvalue weighted by Crippen LogP contribution is -1.79. The fourth-order valence-electron chi connectivity index (χ4n) is 1.22. The van der Waals surface area contributed by atoms with E-state index >= 15 is 0 Å². The van der Waals surface area contributed by atoms with Crippen molar-refractivity contribution in [3.63, 3.8) is 0 Å². The minimum Gasteiger partial charge on any atom is -0.359 e. The van der Waals surface area contributed by atoms with Gasteiger partial charge in [-0.05, 0) is 24.3 Å². The summed E-state index contributed by atoms with van der Waals surface area (Å²) in [6.07, 6.45) is 3.93. The molecule has 1 aliphatic rings. The molecule has 0 spiro atoms. The number of epoxide rings is 1. The van der Waals surface area contributed by atoms with Gasteiger partial charge in [0, 0.05) is 4.88 Å². The number of ether oxygens (including phenoxy) is 1. The monoisotopic (exact) mass is 205 g/mol. The molecular weight excluding hydrogens is 198 g/mol. The lowest BCUT2D eigenvalue weighted by atomic mass is 10.2. The van der Waals surface area contributed by atoms with Crippen LogP contribution in [0.1, 0.15) is 15.9 Å². The first-order valence-electron chi connectivity index (χ1n) is 4.12. The van der Waals surface area contributed by atoms with Gasteiger partial charge in [0.05, 0.1) is 0 Å². The Balaban J connectivity index is 2.03. The van der Waals surface area contributed by atoms with Crippen LogP contribution >= 0.6 is 11.3 Å². The van der Waals surface area contributed by atoms with E-state index in [1.54, 1.807) is 12.1 Å². The van der Waals surface area contributed by atoms with Crippen LogP contribution in [0.15, 0.2) is 24.3 Å². The minimum atomic E-state index is 0.00499. The van der Waals surface area contributed by atoms with Crippen molar-refractivity contribution in [3.8, 4) is 6.07 Å². The number of hydrogen-bond donors (Lipinski definition) is 0. The number of nitrogens with zero attached hydrogens (tertiary/aromatic N) is 1. The molecule has 4 heteroatoms. The van der Waals surface area contributed by atoms with Crippen molar-refractivity contribution in [1.82, 2.24) is 0 Å². The van der Waals surface area contributed by atoms with Gasteiger partial charge in [-0.3, -0.25) is 4.79 Å². The van der Waals surface area contributed by atoms with E-state index in [0.29, 0.717) is 4.88 Å². The highest BCUT2D eigenvalue weighted by atomic mass is 32.1. The van der Waals surface area contributed by atoms with Crippen LogP contribution in [-0.2, 0) is 9.53 Å². The highest BCUT2D eigenvalue weighted by Crippen LogP contribution is 2.42. The van der Waals surface area contributed by atoms with Crippen LogP contribution in [0.3, 0.4) is 0 Å². The zero-order valence-corrected chi connectivity index (χ0v) is 8.03. The Kier molecular flexibility index (Phi) is 2.44. The summed E-state index contributed by atoms with van der Waals surface area (Å²) in [6, 6.07) is 5.75. The van der Waals surface area contributed by atoms with Crippen molar-refractivity contribution in [2.45, 2.75) is 12.2 Å². The summed E-state index contributed by atoms with van der Waals surface area (Å²) in [5, 5.41) is 8.62. The van der Waals surface area contributed by atoms with Gasteiger partial charge in [0.15, 0.2) is 0 Å². The first kappa shape index (κ1) is 9.13. The highest BCUT2D eigenvalue weighted by molar-refractivity contribution is 7.12. The molecule has 14 heavy (non-hydrogen) atoms. The standard InChI is InChI=1S/C10H7NO2S/c11-6-7-3-4-9(14-7)10-8(13-10)2-1-5-12/h1-5,8,10H/b2-1+. The molecule has 1 aliphatic heterocycles. The van der Waals surface area contributed by atoms with Crippen molar-refractivity contribution in [1.29, 1.82) is 5.26 Å². The van der Waals surface area contributed by atoms with Crippen molar-refractivity contribution < 1.29 is 9.53 Å². The summed E-state index contributed by atoms with van der Waals surface area (Å²) in [7, 11) is 0. The summed E-state index contributed by atoms with van der Waals surface area (Å²) in [6.45, 7) is 0. The molecule has 0 aliphatic carbocycles. The fourth-order valence-corrected chi connectivity index (χ4v) is 2.10. The topological polar surface area (TPSA) is 53.4 Å². The van der Waals surface area contributed by atoms with Gasteiger partial charge in [-0.25, -0.2) is 0 Å². The molecule has 2 rings (SSSR count). The highest BCUT2D eigenvalue weighted by Gasteiger charge is 2.38. The predicted molar refractivity (Wildman–Crippen MR) is 51.9 cm³/mol. The van der Waals surface area contributed by atoms with E-state index in [2.05, 4.69) is 6.07 Å².